The number of urea groups is 1. The van der Waals surface area contributed by atoms with Gasteiger partial charge >= 0.3 is 6.03 Å². The van der Waals surface area contributed by atoms with E-state index in [0.717, 1.165) is 5.56 Å². The van der Waals surface area contributed by atoms with Crippen LogP contribution in [-0.4, -0.2) is 50.0 Å². The van der Waals surface area contributed by atoms with Gasteiger partial charge in [-0.3, -0.25) is 0 Å². The van der Waals surface area contributed by atoms with Crippen LogP contribution < -0.4 is 5.32 Å². The predicted molar refractivity (Wildman–Crippen MR) is 83.5 cm³/mol. The van der Waals surface area contributed by atoms with E-state index in [1.165, 1.54) is 11.2 Å². The number of likely N-dealkylation sites (N-methyl/N-ethyl adjacent to an activating group) is 1. The van der Waals surface area contributed by atoms with Gasteiger partial charge in [-0.1, -0.05) is 18.2 Å². The predicted octanol–water partition coefficient (Wildman–Crippen LogP) is 1.56. The van der Waals surface area contributed by atoms with Crippen molar-refractivity contribution in [1.82, 2.24) is 19.7 Å². The van der Waals surface area contributed by atoms with Gasteiger partial charge in [0.1, 0.15) is 12.7 Å². The number of nitrogens with zero attached hydrogens (tertiary/aromatic N) is 4. The standard InChI is InChI=1S/C15H21N5O2/c1-15(2,22)9-19(3)14(21)18-13-7-5-4-6-12(13)8-20-11-16-10-17-20/h4-7,10-11,22H,8-9H2,1-3H3,(H,18,21). The largest absolute Gasteiger partial charge is 0.389 e. The molecule has 0 aliphatic heterocycles. The van der Waals surface area contributed by atoms with Crippen molar-refractivity contribution in [3.63, 3.8) is 0 Å². The second-order valence-electron chi connectivity index (χ2n) is 5.85. The molecule has 0 bridgehead atoms. The maximum Gasteiger partial charge on any atom is 0.321 e. The van der Waals surface area contributed by atoms with E-state index in [0.29, 0.717) is 12.2 Å². The van der Waals surface area contributed by atoms with Crippen molar-refractivity contribution in [2.75, 3.05) is 18.9 Å². The molecular weight excluding hydrogens is 282 g/mol. The number of para-hydroxylation sites is 1. The van der Waals surface area contributed by atoms with Gasteiger partial charge in [-0.15, -0.1) is 0 Å². The van der Waals surface area contributed by atoms with E-state index in [2.05, 4.69) is 15.4 Å². The molecule has 0 saturated carbocycles. The van der Waals surface area contributed by atoms with Gasteiger partial charge in [0.05, 0.1) is 18.7 Å². The molecule has 7 nitrogen and oxygen atoms in total. The Kier molecular flexibility index (Phi) is 4.77. The summed E-state index contributed by atoms with van der Waals surface area (Å²) in [5.74, 6) is 0. The van der Waals surface area contributed by atoms with Crippen molar-refractivity contribution in [3.05, 3.63) is 42.5 Å². The first-order valence-corrected chi connectivity index (χ1v) is 7.00. The lowest BCUT2D eigenvalue weighted by Gasteiger charge is -2.26. The molecule has 118 valence electrons. The van der Waals surface area contributed by atoms with Crippen LogP contribution in [0.25, 0.3) is 0 Å². The van der Waals surface area contributed by atoms with E-state index < -0.39 is 5.60 Å². The Hall–Kier alpha value is -2.41. The van der Waals surface area contributed by atoms with Crippen LogP contribution in [0, 0.1) is 0 Å². The number of aliphatic hydroxyl groups is 1. The fourth-order valence-electron chi connectivity index (χ4n) is 2.13. The third-order valence-electron chi connectivity index (χ3n) is 3.03. The highest BCUT2D eigenvalue weighted by atomic mass is 16.3. The summed E-state index contributed by atoms with van der Waals surface area (Å²) in [6, 6.07) is 7.25. The first kappa shape index (κ1) is 16.0. The van der Waals surface area contributed by atoms with Gasteiger partial charge in [0, 0.05) is 12.7 Å². The van der Waals surface area contributed by atoms with E-state index in [4.69, 9.17) is 0 Å². The Morgan fingerprint density at radius 2 is 2.14 bits per heavy atom. The molecule has 7 heteroatoms. The van der Waals surface area contributed by atoms with Crippen LogP contribution in [0.1, 0.15) is 19.4 Å². The van der Waals surface area contributed by atoms with Crippen molar-refractivity contribution in [3.8, 4) is 0 Å². The number of carbonyl (C=O) groups is 1. The van der Waals surface area contributed by atoms with Crippen LogP contribution in [-0.2, 0) is 6.54 Å². The van der Waals surface area contributed by atoms with Gasteiger partial charge in [-0.25, -0.2) is 14.5 Å². The molecule has 1 aromatic carbocycles. The smallest absolute Gasteiger partial charge is 0.321 e. The minimum atomic E-state index is -0.938. The van der Waals surface area contributed by atoms with E-state index in [1.54, 1.807) is 31.9 Å². The molecule has 0 unspecified atom stereocenters. The summed E-state index contributed by atoms with van der Waals surface area (Å²) >= 11 is 0. The highest BCUT2D eigenvalue weighted by molar-refractivity contribution is 5.90. The summed E-state index contributed by atoms with van der Waals surface area (Å²) in [5, 5.41) is 16.7. The van der Waals surface area contributed by atoms with Crippen LogP contribution in [0.2, 0.25) is 0 Å². The maximum absolute atomic E-state index is 12.2. The first-order chi connectivity index (χ1) is 10.3. The summed E-state index contributed by atoms with van der Waals surface area (Å²) in [6.07, 6.45) is 3.09. The number of carbonyl (C=O) groups excluding carboxylic acids is 1. The number of amides is 2. The summed E-state index contributed by atoms with van der Waals surface area (Å²) in [5.41, 5.74) is 0.704. The number of hydrogen-bond acceptors (Lipinski definition) is 4. The maximum atomic E-state index is 12.2. The van der Waals surface area contributed by atoms with Crippen LogP contribution >= 0.6 is 0 Å². The Morgan fingerprint density at radius 1 is 1.41 bits per heavy atom. The lowest BCUT2D eigenvalue weighted by atomic mass is 10.1. The third kappa shape index (κ3) is 4.56. The van der Waals surface area contributed by atoms with E-state index in [-0.39, 0.29) is 12.6 Å². The van der Waals surface area contributed by atoms with E-state index in [1.807, 2.05) is 24.3 Å². The fraction of sp³-hybridized carbons (Fsp3) is 0.400. The Labute approximate surface area is 129 Å². The molecular formula is C15H21N5O2. The van der Waals surface area contributed by atoms with Gasteiger partial charge in [-0.2, -0.15) is 5.10 Å². The molecule has 2 amide bonds. The molecule has 0 radical (unpaired) electrons. The fourth-order valence-corrected chi connectivity index (χ4v) is 2.13. The van der Waals surface area contributed by atoms with Crippen LogP contribution in [0.3, 0.4) is 0 Å². The Balaban J connectivity index is 2.07. The number of hydrogen-bond donors (Lipinski definition) is 2. The molecule has 2 rings (SSSR count). The molecule has 0 spiro atoms. The van der Waals surface area contributed by atoms with Crippen molar-refractivity contribution in [1.29, 1.82) is 0 Å². The molecule has 22 heavy (non-hydrogen) atoms. The van der Waals surface area contributed by atoms with Crippen LogP contribution in [0.15, 0.2) is 36.9 Å². The number of nitrogens with one attached hydrogen (secondary N) is 1. The average molecular weight is 303 g/mol. The highest BCUT2D eigenvalue weighted by Crippen LogP contribution is 2.17. The van der Waals surface area contributed by atoms with Crippen LogP contribution in [0.5, 0.6) is 0 Å². The zero-order valence-corrected chi connectivity index (χ0v) is 13.0. The van der Waals surface area contributed by atoms with Crippen molar-refractivity contribution in [2.45, 2.75) is 26.0 Å². The summed E-state index contributed by atoms with van der Waals surface area (Å²) in [4.78, 5) is 17.6. The zero-order valence-electron chi connectivity index (χ0n) is 13.0. The molecule has 0 aliphatic carbocycles. The monoisotopic (exact) mass is 303 g/mol. The third-order valence-corrected chi connectivity index (χ3v) is 3.03. The number of benzene rings is 1. The number of rotatable bonds is 5. The van der Waals surface area contributed by atoms with Gasteiger partial charge in [-0.05, 0) is 25.5 Å². The van der Waals surface area contributed by atoms with Gasteiger partial charge in [0.15, 0.2) is 0 Å². The molecule has 2 aromatic rings. The molecule has 0 fully saturated rings. The SMILES string of the molecule is CN(CC(C)(C)O)C(=O)Nc1ccccc1Cn1cncn1. The molecule has 2 N–H and O–H groups in total. The van der Waals surface area contributed by atoms with Gasteiger partial charge in [0.2, 0.25) is 0 Å². The van der Waals surface area contributed by atoms with Crippen molar-refractivity contribution >= 4 is 11.7 Å². The summed E-state index contributed by atoms with van der Waals surface area (Å²) in [6.45, 7) is 4.08. The second kappa shape index (κ2) is 6.57. The summed E-state index contributed by atoms with van der Waals surface area (Å²) in [7, 11) is 1.65. The van der Waals surface area contributed by atoms with Gasteiger partial charge in [0.25, 0.3) is 0 Å². The topological polar surface area (TPSA) is 83.3 Å². The molecule has 0 saturated heterocycles. The highest BCUT2D eigenvalue weighted by Gasteiger charge is 2.19. The quantitative estimate of drug-likeness (QED) is 0.878. The molecule has 1 heterocycles. The summed E-state index contributed by atoms with van der Waals surface area (Å²) < 4.78 is 1.69. The minimum Gasteiger partial charge on any atom is -0.389 e. The van der Waals surface area contributed by atoms with Crippen molar-refractivity contribution in [2.24, 2.45) is 0 Å². The molecule has 0 aliphatic rings. The van der Waals surface area contributed by atoms with Gasteiger partial charge < -0.3 is 15.3 Å². The minimum absolute atomic E-state index is 0.240. The first-order valence-electron chi connectivity index (χ1n) is 7.00. The normalized spacial score (nSPS) is 11.3. The van der Waals surface area contributed by atoms with E-state index >= 15 is 0 Å². The Bertz CT molecular complexity index is 619. The lowest BCUT2D eigenvalue weighted by molar-refractivity contribution is 0.0550. The average Bonchev–Trinajstić information content (AvgIpc) is 2.92. The lowest BCUT2D eigenvalue weighted by Crippen LogP contribution is -2.41. The zero-order chi connectivity index (χ0) is 16.2. The number of aromatic nitrogens is 3. The van der Waals surface area contributed by atoms with E-state index in [9.17, 15) is 9.90 Å². The van der Waals surface area contributed by atoms with Crippen molar-refractivity contribution < 1.29 is 9.90 Å². The molecule has 1 aromatic heterocycles. The number of anilines is 1. The van der Waals surface area contributed by atoms with Crippen LogP contribution in [0.4, 0.5) is 10.5 Å². The molecule has 0 atom stereocenters. The second-order valence-corrected chi connectivity index (χ2v) is 5.85. The Morgan fingerprint density at radius 3 is 2.77 bits per heavy atom.